The topological polar surface area (TPSA) is 41.5 Å². The maximum absolute atomic E-state index is 13.6. The van der Waals surface area contributed by atoms with Gasteiger partial charge in [-0.15, -0.1) is 0 Å². The summed E-state index contributed by atoms with van der Waals surface area (Å²) in [7, 11) is 0. The number of aryl methyl sites for hydroxylation is 1. The van der Waals surface area contributed by atoms with Crippen LogP contribution >= 0.6 is 0 Å². The van der Waals surface area contributed by atoms with Crippen molar-refractivity contribution in [2.24, 2.45) is 5.41 Å². The van der Waals surface area contributed by atoms with Crippen molar-refractivity contribution in [1.82, 2.24) is 5.32 Å². The minimum Gasteiger partial charge on any atom is -0.396 e. The molecule has 0 spiro atoms. The first kappa shape index (κ1) is 15.4. The highest BCUT2D eigenvalue weighted by molar-refractivity contribution is 5.25. The van der Waals surface area contributed by atoms with Gasteiger partial charge in [-0.05, 0) is 43.9 Å². The summed E-state index contributed by atoms with van der Waals surface area (Å²) in [5.74, 6) is -0.168. The molecular weight excluding hydrogens is 257 g/mol. The molecule has 0 saturated carbocycles. The highest BCUT2D eigenvalue weighted by atomic mass is 19.1. The van der Waals surface area contributed by atoms with E-state index < -0.39 is 0 Å². The Morgan fingerprint density at radius 1 is 1.40 bits per heavy atom. The zero-order chi connectivity index (χ0) is 14.6. The van der Waals surface area contributed by atoms with Gasteiger partial charge in [-0.3, -0.25) is 0 Å². The Kier molecular flexibility index (Phi) is 5.13. The summed E-state index contributed by atoms with van der Waals surface area (Å²) < 4.78 is 19.0. The van der Waals surface area contributed by atoms with Gasteiger partial charge in [-0.25, -0.2) is 4.39 Å². The molecule has 1 aliphatic heterocycles. The lowest BCUT2D eigenvalue weighted by Crippen LogP contribution is -2.42. The number of halogens is 1. The number of aliphatic hydroxyl groups excluding tert-OH is 1. The van der Waals surface area contributed by atoms with Gasteiger partial charge in [0.1, 0.15) is 5.82 Å². The summed E-state index contributed by atoms with van der Waals surface area (Å²) in [5.41, 5.74) is 1.50. The zero-order valence-electron chi connectivity index (χ0n) is 12.3. The molecule has 1 unspecified atom stereocenters. The van der Waals surface area contributed by atoms with E-state index in [4.69, 9.17) is 4.74 Å². The lowest BCUT2D eigenvalue weighted by molar-refractivity contribution is -0.0163. The quantitative estimate of drug-likeness (QED) is 0.871. The van der Waals surface area contributed by atoms with Crippen molar-refractivity contribution < 1.29 is 14.2 Å². The van der Waals surface area contributed by atoms with Crippen LogP contribution in [0.15, 0.2) is 18.2 Å². The highest BCUT2D eigenvalue weighted by Gasteiger charge is 2.32. The van der Waals surface area contributed by atoms with Crippen LogP contribution in [-0.4, -0.2) is 31.5 Å². The minimum absolute atomic E-state index is 0.0661. The van der Waals surface area contributed by atoms with Crippen LogP contribution < -0.4 is 5.32 Å². The number of hydrogen-bond donors (Lipinski definition) is 2. The fourth-order valence-electron chi connectivity index (χ4n) is 2.56. The largest absolute Gasteiger partial charge is 0.396 e. The van der Waals surface area contributed by atoms with Gasteiger partial charge in [0.2, 0.25) is 0 Å². The molecule has 0 radical (unpaired) electrons. The second kappa shape index (κ2) is 6.66. The standard InChI is InChI=1S/C16H24FNO2/c1-12-3-4-14(9-15(12)17)13(2)18-10-16(11-19)5-7-20-8-6-16/h3-4,9,13,18-19H,5-8,10-11H2,1-2H3. The Morgan fingerprint density at radius 3 is 2.70 bits per heavy atom. The molecular formula is C16H24FNO2. The van der Waals surface area contributed by atoms with Crippen LogP contribution in [0, 0.1) is 18.2 Å². The van der Waals surface area contributed by atoms with Crippen molar-refractivity contribution in [1.29, 1.82) is 0 Å². The van der Waals surface area contributed by atoms with Crippen LogP contribution in [0.1, 0.15) is 36.9 Å². The molecule has 0 bridgehead atoms. The number of benzene rings is 1. The van der Waals surface area contributed by atoms with Crippen LogP contribution in [0.4, 0.5) is 4.39 Å². The van der Waals surface area contributed by atoms with Gasteiger partial charge >= 0.3 is 0 Å². The van der Waals surface area contributed by atoms with Crippen molar-refractivity contribution in [3.05, 3.63) is 35.1 Å². The van der Waals surface area contributed by atoms with E-state index in [1.807, 2.05) is 13.0 Å². The van der Waals surface area contributed by atoms with Crippen molar-refractivity contribution in [2.75, 3.05) is 26.4 Å². The second-order valence-electron chi connectivity index (χ2n) is 5.88. The first-order valence-corrected chi connectivity index (χ1v) is 7.24. The smallest absolute Gasteiger partial charge is 0.126 e. The van der Waals surface area contributed by atoms with Crippen molar-refractivity contribution in [3.63, 3.8) is 0 Å². The zero-order valence-corrected chi connectivity index (χ0v) is 12.3. The third kappa shape index (κ3) is 3.57. The molecule has 2 rings (SSSR count). The first-order valence-electron chi connectivity index (χ1n) is 7.24. The normalized spacial score (nSPS) is 19.8. The van der Waals surface area contributed by atoms with Gasteiger partial charge in [0, 0.05) is 31.2 Å². The molecule has 0 aliphatic carbocycles. The van der Waals surface area contributed by atoms with Crippen LogP contribution in [0.25, 0.3) is 0 Å². The van der Waals surface area contributed by atoms with Gasteiger partial charge in [-0.2, -0.15) is 0 Å². The van der Waals surface area contributed by atoms with Gasteiger partial charge in [0.15, 0.2) is 0 Å². The van der Waals surface area contributed by atoms with Crippen LogP contribution in [0.2, 0.25) is 0 Å². The molecule has 1 fully saturated rings. The van der Waals surface area contributed by atoms with E-state index >= 15 is 0 Å². The first-order chi connectivity index (χ1) is 9.56. The molecule has 0 aromatic heterocycles. The molecule has 1 aromatic rings. The maximum atomic E-state index is 13.6. The van der Waals surface area contributed by atoms with E-state index in [-0.39, 0.29) is 23.9 Å². The van der Waals surface area contributed by atoms with Crippen molar-refractivity contribution in [2.45, 2.75) is 32.7 Å². The summed E-state index contributed by atoms with van der Waals surface area (Å²) in [5, 5.41) is 13.1. The number of rotatable bonds is 5. The Hall–Kier alpha value is -0.970. The summed E-state index contributed by atoms with van der Waals surface area (Å²) >= 11 is 0. The third-order valence-electron chi connectivity index (χ3n) is 4.37. The third-order valence-corrected chi connectivity index (χ3v) is 4.37. The van der Waals surface area contributed by atoms with Gasteiger partial charge in [-0.1, -0.05) is 12.1 Å². The van der Waals surface area contributed by atoms with Crippen LogP contribution in [-0.2, 0) is 4.74 Å². The summed E-state index contributed by atoms with van der Waals surface area (Å²) in [4.78, 5) is 0. The minimum atomic E-state index is -0.168. The Balaban J connectivity index is 1.96. The van der Waals surface area contributed by atoms with Crippen molar-refractivity contribution in [3.8, 4) is 0 Å². The fraction of sp³-hybridized carbons (Fsp3) is 0.625. The van der Waals surface area contributed by atoms with E-state index in [0.29, 0.717) is 18.8 Å². The number of hydrogen-bond acceptors (Lipinski definition) is 3. The van der Waals surface area contributed by atoms with E-state index in [1.165, 1.54) is 0 Å². The number of aliphatic hydroxyl groups is 1. The lowest BCUT2D eigenvalue weighted by Gasteiger charge is -2.36. The molecule has 20 heavy (non-hydrogen) atoms. The summed E-state index contributed by atoms with van der Waals surface area (Å²) in [6, 6.07) is 5.41. The van der Waals surface area contributed by atoms with E-state index in [9.17, 15) is 9.50 Å². The molecule has 1 aromatic carbocycles. The fourth-order valence-corrected chi connectivity index (χ4v) is 2.56. The van der Waals surface area contributed by atoms with Gasteiger partial charge < -0.3 is 15.2 Å². The monoisotopic (exact) mass is 281 g/mol. The number of nitrogens with one attached hydrogen (secondary N) is 1. The van der Waals surface area contributed by atoms with Crippen molar-refractivity contribution >= 4 is 0 Å². The SMILES string of the molecule is Cc1ccc(C(C)NCC2(CO)CCOCC2)cc1F. The van der Waals surface area contributed by atoms with Crippen LogP contribution in [0.5, 0.6) is 0 Å². The highest BCUT2D eigenvalue weighted by Crippen LogP contribution is 2.30. The number of ether oxygens (including phenoxy) is 1. The van der Waals surface area contributed by atoms with Gasteiger partial charge in [0.05, 0.1) is 6.61 Å². The average Bonchev–Trinajstić information content (AvgIpc) is 2.48. The predicted molar refractivity (Wildman–Crippen MR) is 77.1 cm³/mol. The molecule has 1 saturated heterocycles. The second-order valence-corrected chi connectivity index (χ2v) is 5.88. The summed E-state index contributed by atoms with van der Waals surface area (Å²) in [6.07, 6.45) is 1.73. The Bertz CT molecular complexity index is 444. The molecule has 0 amide bonds. The van der Waals surface area contributed by atoms with Crippen LogP contribution in [0.3, 0.4) is 0 Å². The van der Waals surface area contributed by atoms with Gasteiger partial charge in [0.25, 0.3) is 0 Å². The lowest BCUT2D eigenvalue weighted by atomic mass is 9.80. The molecule has 3 nitrogen and oxygen atoms in total. The maximum Gasteiger partial charge on any atom is 0.126 e. The molecule has 112 valence electrons. The molecule has 1 heterocycles. The van der Waals surface area contributed by atoms with E-state index in [2.05, 4.69) is 5.32 Å². The molecule has 2 N–H and O–H groups in total. The molecule has 1 aliphatic rings. The molecule has 1 atom stereocenters. The Morgan fingerprint density at radius 2 is 2.10 bits per heavy atom. The van der Waals surface area contributed by atoms with E-state index in [0.717, 1.165) is 24.9 Å². The molecule has 4 heteroatoms. The predicted octanol–water partition coefficient (Wildman–Crippen LogP) is 2.57. The van der Waals surface area contributed by atoms with E-state index in [1.54, 1.807) is 19.1 Å². The average molecular weight is 281 g/mol. The summed E-state index contributed by atoms with van der Waals surface area (Å²) in [6.45, 7) is 6.09. The Labute approximate surface area is 120 Å².